The average molecular weight is 525 g/mol. The number of aryl methyl sites for hydroxylation is 3. The number of rotatable bonds is 9. The quantitative estimate of drug-likeness (QED) is 0.327. The van der Waals surface area contributed by atoms with Crippen molar-refractivity contribution in [1.29, 1.82) is 0 Å². The summed E-state index contributed by atoms with van der Waals surface area (Å²) in [4.78, 5) is 23.1. The Balaban J connectivity index is 2.02. The number of methoxy groups -OCH3 is 1. The van der Waals surface area contributed by atoms with Crippen LogP contribution in [0.25, 0.3) is 22.3 Å². The summed E-state index contributed by atoms with van der Waals surface area (Å²) in [6.45, 7) is 8.45. The third kappa shape index (κ3) is 4.98. The molecule has 0 N–H and O–H groups in total. The van der Waals surface area contributed by atoms with Crippen LogP contribution in [0.4, 0.5) is 0 Å². The van der Waals surface area contributed by atoms with Crippen LogP contribution in [0.2, 0.25) is 0 Å². The number of benzene rings is 1. The van der Waals surface area contributed by atoms with E-state index < -0.39 is 15.9 Å². The van der Waals surface area contributed by atoms with E-state index in [0.29, 0.717) is 35.8 Å². The first-order chi connectivity index (χ1) is 17.6. The van der Waals surface area contributed by atoms with Gasteiger partial charge in [0.25, 0.3) is 5.88 Å². The first-order valence-corrected chi connectivity index (χ1v) is 14.2. The lowest BCUT2D eigenvalue weighted by Gasteiger charge is -2.19. The molecule has 0 aliphatic rings. The van der Waals surface area contributed by atoms with Gasteiger partial charge >= 0.3 is 5.69 Å². The molecule has 0 spiro atoms. The number of nitrogens with zero attached hydrogens (tertiary/aromatic N) is 4. The SMILES string of the molecule is CCOc1nc(C(CS(C)(=O)=O)n2c(=O)n(CC)c3c(C)c(-c4ccccc4C)cnc32)ccc1OC. The molecule has 0 bridgehead atoms. The van der Waals surface area contributed by atoms with Gasteiger partial charge in [-0.1, -0.05) is 24.3 Å². The Bertz CT molecular complexity index is 1620. The van der Waals surface area contributed by atoms with Crippen LogP contribution in [0.1, 0.15) is 36.7 Å². The molecule has 1 unspecified atom stereocenters. The van der Waals surface area contributed by atoms with Gasteiger partial charge in [0.15, 0.2) is 11.4 Å². The number of pyridine rings is 2. The Labute approximate surface area is 216 Å². The van der Waals surface area contributed by atoms with E-state index in [-0.39, 0.29) is 17.3 Å². The number of sulfone groups is 1. The van der Waals surface area contributed by atoms with Gasteiger partial charge in [-0.15, -0.1) is 0 Å². The molecule has 0 aliphatic heterocycles. The van der Waals surface area contributed by atoms with Crippen molar-refractivity contribution in [1.82, 2.24) is 19.1 Å². The Morgan fingerprint density at radius 1 is 1.05 bits per heavy atom. The maximum Gasteiger partial charge on any atom is 0.330 e. The maximum atomic E-state index is 13.8. The molecule has 3 aromatic heterocycles. The van der Waals surface area contributed by atoms with Crippen LogP contribution in [0.5, 0.6) is 11.6 Å². The van der Waals surface area contributed by atoms with E-state index in [9.17, 15) is 13.2 Å². The minimum Gasteiger partial charge on any atom is -0.491 e. The van der Waals surface area contributed by atoms with Crippen LogP contribution in [0, 0.1) is 13.8 Å². The minimum absolute atomic E-state index is 0.235. The predicted octanol–water partition coefficient (Wildman–Crippen LogP) is 3.94. The standard InChI is InChI=1S/C27H32N4O5S/c1-7-30-24-18(4)20(19-12-10-9-11-17(19)3)15-28-25(24)31(27(30)32)22(16-37(6,33)34)21-13-14-23(35-5)26(29-21)36-8-2/h9-15,22H,7-8,16H2,1-6H3. The van der Waals surface area contributed by atoms with Crippen LogP contribution in [-0.2, 0) is 16.4 Å². The van der Waals surface area contributed by atoms with E-state index >= 15 is 0 Å². The Morgan fingerprint density at radius 3 is 2.41 bits per heavy atom. The number of imidazole rings is 1. The van der Waals surface area contributed by atoms with Crippen molar-refractivity contribution in [3.63, 3.8) is 0 Å². The van der Waals surface area contributed by atoms with E-state index in [0.717, 1.165) is 28.5 Å². The number of ether oxygens (including phenoxy) is 2. The summed E-state index contributed by atoms with van der Waals surface area (Å²) in [7, 11) is -2.01. The second-order valence-electron chi connectivity index (χ2n) is 8.97. The van der Waals surface area contributed by atoms with E-state index in [4.69, 9.17) is 14.5 Å². The molecule has 1 aromatic carbocycles. The Hall–Kier alpha value is -3.66. The molecular weight excluding hydrogens is 492 g/mol. The molecule has 4 aromatic rings. The second-order valence-corrected chi connectivity index (χ2v) is 11.2. The van der Waals surface area contributed by atoms with E-state index in [1.54, 1.807) is 22.9 Å². The number of hydrogen-bond donors (Lipinski definition) is 0. The molecule has 37 heavy (non-hydrogen) atoms. The molecular formula is C27H32N4O5S. The van der Waals surface area contributed by atoms with Gasteiger partial charge in [0.2, 0.25) is 0 Å². The first kappa shape index (κ1) is 26.4. The zero-order chi connectivity index (χ0) is 26.9. The molecule has 196 valence electrons. The highest BCUT2D eigenvalue weighted by Gasteiger charge is 2.29. The molecule has 0 aliphatic carbocycles. The molecule has 0 saturated carbocycles. The zero-order valence-electron chi connectivity index (χ0n) is 22.0. The monoisotopic (exact) mass is 524 g/mol. The van der Waals surface area contributed by atoms with Crippen molar-refractivity contribution in [2.24, 2.45) is 0 Å². The largest absolute Gasteiger partial charge is 0.491 e. The highest BCUT2D eigenvalue weighted by molar-refractivity contribution is 7.90. The smallest absolute Gasteiger partial charge is 0.330 e. The van der Waals surface area contributed by atoms with E-state index in [2.05, 4.69) is 4.98 Å². The summed E-state index contributed by atoms with van der Waals surface area (Å²) >= 11 is 0. The van der Waals surface area contributed by atoms with Crippen LogP contribution in [-0.4, -0.2) is 53.2 Å². The van der Waals surface area contributed by atoms with Gasteiger partial charge in [0, 0.05) is 24.6 Å². The van der Waals surface area contributed by atoms with Crippen LogP contribution < -0.4 is 15.2 Å². The Kier molecular flexibility index (Phi) is 7.40. The van der Waals surface area contributed by atoms with Gasteiger partial charge < -0.3 is 9.47 Å². The highest BCUT2D eigenvalue weighted by atomic mass is 32.2. The third-order valence-electron chi connectivity index (χ3n) is 6.44. The van der Waals surface area contributed by atoms with Crippen LogP contribution in [0.15, 0.2) is 47.4 Å². The van der Waals surface area contributed by atoms with E-state index in [1.807, 2.05) is 52.0 Å². The lowest BCUT2D eigenvalue weighted by Crippen LogP contribution is -2.32. The fourth-order valence-electron chi connectivity index (χ4n) is 4.72. The minimum atomic E-state index is -3.52. The fraction of sp³-hybridized carbons (Fsp3) is 0.370. The first-order valence-electron chi connectivity index (χ1n) is 12.1. The average Bonchev–Trinajstić information content (AvgIpc) is 3.14. The Morgan fingerprint density at radius 2 is 1.78 bits per heavy atom. The van der Waals surface area contributed by atoms with Gasteiger partial charge in [-0.05, 0) is 56.5 Å². The van der Waals surface area contributed by atoms with Crippen molar-refractivity contribution in [3.8, 4) is 22.8 Å². The maximum absolute atomic E-state index is 13.8. The number of aromatic nitrogens is 4. The molecule has 0 amide bonds. The van der Waals surface area contributed by atoms with Gasteiger partial charge in [0.05, 0.1) is 36.7 Å². The molecule has 1 atom stereocenters. The van der Waals surface area contributed by atoms with Crippen molar-refractivity contribution in [2.75, 3.05) is 25.7 Å². The van der Waals surface area contributed by atoms with Crippen molar-refractivity contribution in [2.45, 2.75) is 40.3 Å². The summed E-state index contributed by atoms with van der Waals surface area (Å²) in [5.41, 5.74) is 5.05. The fourth-order valence-corrected chi connectivity index (χ4v) is 5.61. The molecule has 4 rings (SSSR count). The number of fused-ring (bicyclic) bond motifs is 1. The number of hydrogen-bond acceptors (Lipinski definition) is 7. The lowest BCUT2D eigenvalue weighted by atomic mass is 9.98. The van der Waals surface area contributed by atoms with Crippen LogP contribution in [0.3, 0.4) is 0 Å². The molecule has 3 heterocycles. The molecule has 9 nitrogen and oxygen atoms in total. The molecule has 0 saturated heterocycles. The molecule has 0 radical (unpaired) electrons. The zero-order valence-corrected chi connectivity index (χ0v) is 22.8. The van der Waals surface area contributed by atoms with Gasteiger partial charge in [0.1, 0.15) is 9.84 Å². The summed E-state index contributed by atoms with van der Waals surface area (Å²) in [5, 5.41) is 0. The van der Waals surface area contributed by atoms with Crippen molar-refractivity contribution >= 4 is 21.0 Å². The summed E-state index contributed by atoms with van der Waals surface area (Å²) < 4.78 is 39.2. The highest BCUT2D eigenvalue weighted by Crippen LogP contribution is 2.33. The molecule has 10 heteroatoms. The van der Waals surface area contributed by atoms with Crippen molar-refractivity contribution < 1.29 is 17.9 Å². The topological polar surface area (TPSA) is 105 Å². The summed E-state index contributed by atoms with van der Waals surface area (Å²) in [6, 6.07) is 10.4. The van der Waals surface area contributed by atoms with Gasteiger partial charge in [-0.3, -0.25) is 9.13 Å². The van der Waals surface area contributed by atoms with Gasteiger partial charge in [-0.2, -0.15) is 0 Å². The lowest BCUT2D eigenvalue weighted by molar-refractivity contribution is 0.296. The van der Waals surface area contributed by atoms with Crippen molar-refractivity contribution in [3.05, 3.63) is 69.9 Å². The van der Waals surface area contributed by atoms with Gasteiger partial charge in [-0.25, -0.2) is 23.2 Å². The summed E-state index contributed by atoms with van der Waals surface area (Å²) in [5.74, 6) is 0.323. The predicted molar refractivity (Wildman–Crippen MR) is 144 cm³/mol. The third-order valence-corrected chi connectivity index (χ3v) is 7.36. The van der Waals surface area contributed by atoms with E-state index in [1.165, 1.54) is 11.7 Å². The molecule has 0 fully saturated rings. The normalized spacial score (nSPS) is 12.6. The van der Waals surface area contributed by atoms with Crippen LogP contribution >= 0.6 is 0 Å². The second kappa shape index (κ2) is 10.4. The summed E-state index contributed by atoms with van der Waals surface area (Å²) in [6.07, 6.45) is 2.90.